The van der Waals surface area contributed by atoms with Gasteiger partial charge in [0.05, 0.1) is 6.54 Å². The Hall–Kier alpha value is -1.14. The lowest BCUT2D eigenvalue weighted by atomic mass is 9.89. The molecule has 1 amide bonds. The number of thiazole rings is 1. The summed E-state index contributed by atoms with van der Waals surface area (Å²) in [5.74, 6) is 0.896. The van der Waals surface area contributed by atoms with E-state index in [4.69, 9.17) is 0 Å². The maximum Gasteiger partial charge on any atom is 0.234 e. The molecule has 1 aromatic rings. The third kappa shape index (κ3) is 4.43. The van der Waals surface area contributed by atoms with Crippen molar-refractivity contribution in [3.05, 3.63) is 11.6 Å². The van der Waals surface area contributed by atoms with Crippen molar-refractivity contribution in [1.29, 1.82) is 0 Å². The summed E-state index contributed by atoms with van der Waals surface area (Å²) in [5.41, 5.74) is 0. The van der Waals surface area contributed by atoms with Gasteiger partial charge >= 0.3 is 0 Å². The number of carbonyl (C=O) groups is 1. The predicted molar refractivity (Wildman–Crippen MR) is 90.4 cm³/mol. The van der Waals surface area contributed by atoms with Crippen molar-refractivity contribution in [3.63, 3.8) is 0 Å². The maximum absolute atomic E-state index is 12.1. The molecule has 0 aromatic carbocycles. The predicted octanol–water partition coefficient (Wildman–Crippen LogP) is 1.96. The number of nitrogens with zero attached hydrogens (tertiary/aromatic N) is 3. The van der Waals surface area contributed by atoms with E-state index in [-0.39, 0.29) is 5.91 Å². The van der Waals surface area contributed by atoms with Crippen molar-refractivity contribution in [1.82, 2.24) is 15.2 Å². The van der Waals surface area contributed by atoms with E-state index >= 15 is 0 Å². The van der Waals surface area contributed by atoms with Gasteiger partial charge < -0.3 is 10.2 Å². The number of rotatable bonds is 5. The number of piperazine rings is 1. The highest BCUT2D eigenvalue weighted by atomic mass is 32.1. The molecule has 1 saturated heterocycles. The molecule has 0 spiro atoms. The number of carbonyl (C=O) groups excluding carboxylic acids is 1. The first-order valence-electron chi connectivity index (χ1n) is 8.45. The molecule has 3 rings (SSSR count). The van der Waals surface area contributed by atoms with Crippen LogP contribution in [-0.2, 0) is 4.79 Å². The Balaban J connectivity index is 1.34. The van der Waals surface area contributed by atoms with Crippen LogP contribution < -0.4 is 10.2 Å². The van der Waals surface area contributed by atoms with Gasteiger partial charge in [0.1, 0.15) is 0 Å². The van der Waals surface area contributed by atoms with Crippen molar-refractivity contribution >= 4 is 22.4 Å². The van der Waals surface area contributed by atoms with E-state index in [0.29, 0.717) is 12.5 Å². The Morgan fingerprint density at radius 2 is 2.00 bits per heavy atom. The van der Waals surface area contributed by atoms with E-state index in [0.717, 1.165) is 37.9 Å². The summed E-state index contributed by atoms with van der Waals surface area (Å²) in [5, 5.41) is 6.25. The molecule has 0 atom stereocenters. The Morgan fingerprint density at radius 1 is 1.23 bits per heavy atom. The van der Waals surface area contributed by atoms with Crippen LogP contribution in [0.5, 0.6) is 0 Å². The highest BCUT2D eigenvalue weighted by Gasteiger charge is 2.21. The molecule has 1 aliphatic carbocycles. The molecule has 2 fully saturated rings. The van der Waals surface area contributed by atoms with E-state index in [9.17, 15) is 4.79 Å². The first-order valence-corrected chi connectivity index (χ1v) is 9.33. The number of hydrogen-bond donors (Lipinski definition) is 1. The quantitative estimate of drug-likeness (QED) is 0.900. The van der Waals surface area contributed by atoms with Gasteiger partial charge in [-0.05, 0) is 18.8 Å². The molecule has 1 saturated carbocycles. The summed E-state index contributed by atoms with van der Waals surface area (Å²) >= 11 is 1.69. The minimum Gasteiger partial charge on any atom is -0.355 e. The average molecular weight is 322 g/mol. The topological polar surface area (TPSA) is 48.5 Å². The van der Waals surface area contributed by atoms with Crippen molar-refractivity contribution in [2.24, 2.45) is 5.92 Å². The summed E-state index contributed by atoms with van der Waals surface area (Å²) in [7, 11) is 0. The fourth-order valence-electron chi connectivity index (χ4n) is 3.38. The van der Waals surface area contributed by atoms with Crippen LogP contribution >= 0.6 is 11.3 Å². The molecule has 6 heteroatoms. The van der Waals surface area contributed by atoms with Crippen molar-refractivity contribution < 1.29 is 4.79 Å². The number of aromatic nitrogens is 1. The number of hydrogen-bond acceptors (Lipinski definition) is 5. The van der Waals surface area contributed by atoms with Gasteiger partial charge in [-0.1, -0.05) is 19.3 Å². The van der Waals surface area contributed by atoms with Crippen LogP contribution in [0.1, 0.15) is 32.1 Å². The van der Waals surface area contributed by atoms with E-state index in [1.54, 1.807) is 11.3 Å². The van der Waals surface area contributed by atoms with Gasteiger partial charge in [-0.3, -0.25) is 9.69 Å². The fraction of sp³-hybridized carbons (Fsp3) is 0.750. The normalized spacial score (nSPS) is 21.0. The summed E-state index contributed by atoms with van der Waals surface area (Å²) in [4.78, 5) is 21.0. The summed E-state index contributed by atoms with van der Waals surface area (Å²) in [6.07, 6.45) is 8.46. The van der Waals surface area contributed by atoms with E-state index in [1.165, 1.54) is 32.1 Å². The maximum atomic E-state index is 12.1. The van der Waals surface area contributed by atoms with Gasteiger partial charge in [0.15, 0.2) is 5.13 Å². The van der Waals surface area contributed by atoms with Crippen LogP contribution in [0, 0.1) is 5.92 Å². The second kappa shape index (κ2) is 7.92. The molecule has 5 nitrogen and oxygen atoms in total. The van der Waals surface area contributed by atoms with Gasteiger partial charge in [-0.15, -0.1) is 11.3 Å². The zero-order chi connectivity index (χ0) is 15.2. The lowest BCUT2D eigenvalue weighted by molar-refractivity contribution is -0.122. The van der Waals surface area contributed by atoms with Crippen molar-refractivity contribution in [2.45, 2.75) is 32.1 Å². The van der Waals surface area contributed by atoms with E-state index < -0.39 is 0 Å². The second-order valence-electron chi connectivity index (χ2n) is 6.39. The van der Waals surface area contributed by atoms with E-state index in [2.05, 4.69) is 20.1 Å². The second-order valence-corrected chi connectivity index (χ2v) is 7.26. The minimum absolute atomic E-state index is 0.188. The molecule has 22 heavy (non-hydrogen) atoms. The highest BCUT2D eigenvalue weighted by Crippen LogP contribution is 2.22. The molecule has 1 aliphatic heterocycles. The van der Waals surface area contributed by atoms with Crippen LogP contribution in [0.3, 0.4) is 0 Å². The first-order chi connectivity index (χ1) is 10.8. The number of anilines is 1. The SMILES string of the molecule is O=C(CN1CCN(c2nccs2)CC1)NCC1CCCCC1. The lowest BCUT2D eigenvalue weighted by Crippen LogP contribution is -2.49. The van der Waals surface area contributed by atoms with Gasteiger partial charge in [0.2, 0.25) is 5.91 Å². The van der Waals surface area contributed by atoms with Gasteiger partial charge in [-0.25, -0.2) is 4.98 Å². The fourth-order valence-corrected chi connectivity index (χ4v) is 4.07. The van der Waals surface area contributed by atoms with Crippen molar-refractivity contribution in [2.75, 3.05) is 44.2 Å². The summed E-state index contributed by atoms with van der Waals surface area (Å²) in [6.45, 7) is 5.22. The Kier molecular flexibility index (Phi) is 5.67. The molecular formula is C16H26N4OS. The Labute approximate surface area is 136 Å². The highest BCUT2D eigenvalue weighted by molar-refractivity contribution is 7.13. The molecule has 1 aromatic heterocycles. The molecule has 0 unspecified atom stereocenters. The number of nitrogens with one attached hydrogen (secondary N) is 1. The van der Waals surface area contributed by atoms with Gasteiger partial charge in [0.25, 0.3) is 0 Å². The standard InChI is InChI=1S/C16H26N4OS/c21-15(18-12-14-4-2-1-3-5-14)13-19-7-9-20(10-8-19)16-17-6-11-22-16/h6,11,14H,1-5,7-10,12-13H2,(H,18,21). The van der Waals surface area contributed by atoms with Crippen molar-refractivity contribution in [3.8, 4) is 0 Å². The first kappa shape index (κ1) is 15.7. The third-order valence-electron chi connectivity index (χ3n) is 4.74. The molecule has 2 heterocycles. The largest absolute Gasteiger partial charge is 0.355 e. The summed E-state index contributed by atoms with van der Waals surface area (Å²) < 4.78 is 0. The molecule has 122 valence electrons. The van der Waals surface area contributed by atoms with Crippen LogP contribution in [0.4, 0.5) is 5.13 Å². The molecule has 0 radical (unpaired) electrons. The van der Waals surface area contributed by atoms with Gasteiger partial charge in [-0.2, -0.15) is 0 Å². The molecule has 1 N–H and O–H groups in total. The monoisotopic (exact) mass is 322 g/mol. The zero-order valence-corrected chi connectivity index (χ0v) is 14.0. The van der Waals surface area contributed by atoms with Crippen LogP contribution in [-0.4, -0.2) is 55.1 Å². The molecule has 0 bridgehead atoms. The van der Waals surface area contributed by atoms with Gasteiger partial charge in [0, 0.05) is 44.3 Å². The average Bonchev–Trinajstić information content (AvgIpc) is 3.09. The zero-order valence-electron chi connectivity index (χ0n) is 13.2. The van der Waals surface area contributed by atoms with E-state index in [1.807, 2.05) is 11.6 Å². The Morgan fingerprint density at radius 3 is 2.68 bits per heavy atom. The Bertz CT molecular complexity index is 451. The molecule has 2 aliphatic rings. The smallest absolute Gasteiger partial charge is 0.234 e. The van der Waals surface area contributed by atoms with Crippen LogP contribution in [0.25, 0.3) is 0 Å². The van der Waals surface area contributed by atoms with Crippen LogP contribution in [0.15, 0.2) is 11.6 Å². The molecular weight excluding hydrogens is 296 g/mol. The third-order valence-corrected chi connectivity index (χ3v) is 5.57. The number of amides is 1. The minimum atomic E-state index is 0.188. The summed E-state index contributed by atoms with van der Waals surface area (Å²) in [6, 6.07) is 0. The lowest BCUT2D eigenvalue weighted by Gasteiger charge is -2.34. The van der Waals surface area contributed by atoms with Crippen LogP contribution in [0.2, 0.25) is 0 Å².